The predicted molar refractivity (Wildman–Crippen MR) is 137 cm³/mol. The third kappa shape index (κ3) is 6.06. The molecule has 3 aromatic carbocycles. The van der Waals surface area contributed by atoms with E-state index in [4.69, 9.17) is 26.2 Å². The molecule has 0 bridgehead atoms. The van der Waals surface area contributed by atoms with Crippen LogP contribution in [0.4, 0.5) is 24.5 Å². The third-order valence-corrected chi connectivity index (χ3v) is 6.59. The summed E-state index contributed by atoms with van der Waals surface area (Å²) >= 11 is 6.08. The number of aliphatic hydroxyl groups is 2. The molecule has 10 heteroatoms. The van der Waals surface area contributed by atoms with Gasteiger partial charge in [0, 0.05) is 41.1 Å². The normalized spacial score (nSPS) is 14.8. The second-order valence-corrected chi connectivity index (χ2v) is 9.22. The highest BCUT2D eigenvalue weighted by atomic mass is 35.5. The lowest BCUT2D eigenvalue weighted by molar-refractivity contribution is -0.137. The van der Waals surface area contributed by atoms with Crippen LogP contribution in [0.25, 0.3) is 0 Å². The maximum Gasteiger partial charge on any atom is 0.416 e. The van der Waals surface area contributed by atoms with Crippen LogP contribution in [0.5, 0.6) is 11.5 Å². The number of fused-ring (bicyclic) bond motifs is 1. The molecule has 1 aliphatic heterocycles. The highest BCUT2D eigenvalue weighted by Gasteiger charge is 2.37. The van der Waals surface area contributed by atoms with Gasteiger partial charge in [-0.25, -0.2) is 0 Å². The van der Waals surface area contributed by atoms with Crippen molar-refractivity contribution in [1.29, 1.82) is 0 Å². The molecule has 0 fully saturated rings. The highest BCUT2D eigenvalue weighted by molar-refractivity contribution is 6.30. The molecule has 2 unspecified atom stereocenters. The minimum atomic E-state index is -4.50. The van der Waals surface area contributed by atoms with Crippen LogP contribution >= 0.6 is 11.6 Å². The lowest BCUT2D eigenvalue weighted by Gasteiger charge is -2.34. The van der Waals surface area contributed by atoms with Crippen molar-refractivity contribution in [2.24, 2.45) is 0 Å². The molecule has 4 rings (SSSR count). The van der Waals surface area contributed by atoms with Gasteiger partial charge in [0.1, 0.15) is 18.1 Å². The Morgan fingerprint density at radius 2 is 1.78 bits per heavy atom. The van der Waals surface area contributed by atoms with Gasteiger partial charge in [-0.3, -0.25) is 0 Å². The summed E-state index contributed by atoms with van der Waals surface area (Å²) in [5.41, 5.74) is 2.15. The van der Waals surface area contributed by atoms with E-state index < -0.39 is 24.0 Å². The summed E-state index contributed by atoms with van der Waals surface area (Å²) in [7, 11) is 1.50. The van der Waals surface area contributed by atoms with Gasteiger partial charge in [0.05, 0.1) is 25.3 Å². The quantitative estimate of drug-likeness (QED) is 0.331. The number of nitrogens with zero attached hydrogens (tertiary/aromatic N) is 1. The van der Waals surface area contributed by atoms with Crippen molar-refractivity contribution in [3.05, 3.63) is 81.9 Å². The molecule has 6 nitrogen and oxygen atoms in total. The average molecular weight is 537 g/mol. The molecule has 0 spiro atoms. The number of benzene rings is 3. The van der Waals surface area contributed by atoms with Gasteiger partial charge >= 0.3 is 6.18 Å². The number of rotatable bonds is 9. The summed E-state index contributed by atoms with van der Waals surface area (Å²) in [5.74, 6) is 0.927. The molecule has 0 aliphatic carbocycles. The number of alkyl halides is 3. The smallest absolute Gasteiger partial charge is 0.416 e. The van der Waals surface area contributed by atoms with E-state index in [9.17, 15) is 18.3 Å². The van der Waals surface area contributed by atoms with Gasteiger partial charge in [0.15, 0.2) is 6.23 Å². The van der Waals surface area contributed by atoms with Gasteiger partial charge in [-0.1, -0.05) is 23.7 Å². The van der Waals surface area contributed by atoms with Crippen LogP contribution in [-0.2, 0) is 12.6 Å². The van der Waals surface area contributed by atoms with E-state index in [1.165, 1.54) is 7.11 Å². The van der Waals surface area contributed by atoms with Gasteiger partial charge in [0.25, 0.3) is 0 Å². The number of hydrogen-bond donors (Lipinski definition) is 3. The van der Waals surface area contributed by atoms with Gasteiger partial charge < -0.3 is 29.9 Å². The highest BCUT2D eigenvalue weighted by Crippen LogP contribution is 2.41. The minimum Gasteiger partial charge on any atom is -0.497 e. The lowest BCUT2D eigenvalue weighted by Crippen LogP contribution is -2.41. The topological polar surface area (TPSA) is 74.2 Å². The largest absolute Gasteiger partial charge is 0.497 e. The first-order valence-corrected chi connectivity index (χ1v) is 12.1. The Labute approximate surface area is 218 Å². The number of aliphatic hydroxyl groups excluding tert-OH is 2. The van der Waals surface area contributed by atoms with E-state index in [1.807, 2.05) is 0 Å². The van der Waals surface area contributed by atoms with Crippen molar-refractivity contribution >= 4 is 23.0 Å². The summed E-state index contributed by atoms with van der Waals surface area (Å²) in [6.07, 6.45) is -5.21. The van der Waals surface area contributed by atoms with Crippen LogP contribution in [0, 0.1) is 6.92 Å². The molecule has 3 aromatic rings. The number of anilines is 2. The van der Waals surface area contributed by atoms with Crippen LogP contribution in [0.15, 0.2) is 54.6 Å². The molecule has 1 aliphatic rings. The van der Waals surface area contributed by atoms with Crippen molar-refractivity contribution in [1.82, 2.24) is 0 Å². The molecule has 0 aromatic heterocycles. The molecule has 2 atom stereocenters. The van der Waals surface area contributed by atoms with Crippen molar-refractivity contribution in [2.45, 2.75) is 31.8 Å². The molecule has 3 N–H and O–H groups in total. The first-order chi connectivity index (χ1) is 17.6. The first kappa shape index (κ1) is 26.9. The van der Waals surface area contributed by atoms with Crippen LogP contribution in [0.3, 0.4) is 0 Å². The van der Waals surface area contributed by atoms with E-state index in [0.29, 0.717) is 52.0 Å². The maximum absolute atomic E-state index is 13.6. The Balaban J connectivity index is 1.73. The van der Waals surface area contributed by atoms with Gasteiger partial charge in [-0.2, -0.15) is 13.2 Å². The summed E-state index contributed by atoms with van der Waals surface area (Å²) in [6.45, 7) is 1.93. The zero-order valence-corrected chi connectivity index (χ0v) is 21.1. The van der Waals surface area contributed by atoms with Crippen LogP contribution in [0.2, 0.25) is 5.02 Å². The fraction of sp³-hybridized carbons (Fsp3) is 0.333. The number of ether oxygens (including phenoxy) is 2. The zero-order valence-electron chi connectivity index (χ0n) is 20.3. The standard InChI is InChI=1S/C27H28ClF3N2O4/c1-16-11-18(27(29,30)31)12-24-23(16)7-8-33(24)26(35)25(17-3-5-19(28)6-4-17)32-20-13-21(36-2)15-22(14-20)37-10-9-34/h3-6,11-15,25-26,32,34-35H,7-10H2,1-2H3. The Bertz CT molecular complexity index is 1240. The molecule has 198 valence electrons. The minimum absolute atomic E-state index is 0.0846. The molecule has 0 radical (unpaired) electrons. The average Bonchev–Trinajstić information content (AvgIpc) is 3.30. The number of methoxy groups -OCH3 is 1. The molecule has 0 saturated carbocycles. The number of aryl methyl sites for hydroxylation is 1. The van der Waals surface area contributed by atoms with Crippen molar-refractivity contribution in [3.8, 4) is 11.5 Å². The summed E-state index contributed by atoms with van der Waals surface area (Å²) in [6, 6.07) is 13.4. The first-order valence-electron chi connectivity index (χ1n) is 11.7. The van der Waals surface area contributed by atoms with Crippen LogP contribution in [-0.4, -0.2) is 43.3 Å². The molecular weight excluding hydrogens is 509 g/mol. The summed E-state index contributed by atoms with van der Waals surface area (Å²) in [5, 5.41) is 24.5. The van der Waals surface area contributed by atoms with E-state index in [-0.39, 0.29) is 13.2 Å². The van der Waals surface area contributed by atoms with Gasteiger partial charge in [-0.15, -0.1) is 0 Å². The maximum atomic E-state index is 13.6. The Morgan fingerprint density at radius 1 is 1.08 bits per heavy atom. The monoisotopic (exact) mass is 536 g/mol. The molecular formula is C27H28ClF3N2O4. The fourth-order valence-electron chi connectivity index (χ4n) is 4.55. The lowest BCUT2D eigenvalue weighted by atomic mass is 10.0. The molecule has 0 saturated heterocycles. The van der Waals surface area contributed by atoms with Crippen LogP contribution < -0.4 is 19.7 Å². The van der Waals surface area contributed by atoms with Gasteiger partial charge in [-0.05, 0) is 54.3 Å². The molecule has 37 heavy (non-hydrogen) atoms. The van der Waals surface area contributed by atoms with Gasteiger partial charge in [0.2, 0.25) is 0 Å². The fourth-order valence-corrected chi connectivity index (χ4v) is 4.68. The number of nitrogens with one attached hydrogen (secondary N) is 1. The van der Waals surface area contributed by atoms with Crippen molar-refractivity contribution < 1.29 is 32.9 Å². The second kappa shape index (κ2) is 11.1. The number of halogens is 4. The molecule has 0 amide bonds. The van der Waals surface area contributed by atoms with E-state index in [2.05, 4.69) is 5.32 Å². The van der Waals surface area contributed by atoms with Crippen molar-refractivity contribution in [3.63, 3.8) is 0 Å². The van der Waals surface area contributed by atoms with E-state index in [1.54, 1.807) is 54.3 Å². The van der Waals surface area contributed by atoms with E-state index in [0.717, 1.165) is 17.7 Å². The second-order valence-electron chi connectivity index (χ2n) is 8.79. The SMILES string of the molecule is COc1cc(NC(c2ccc(Cl)cc2)C(O)N2CCc3c(C)cc(C(F)(F)F)cc32)cc(OCCO)c1. The van der Waals surface area contributed by atoms with Crippen LogP contribution in [0.1, 0.15) is 28.3 Å². The van der Waals surface area contributed by atoms with E-state index >= 15 is 0 Å². The zero-order chi connectivity index (χ0) is 26.7. The molecule has 1 heterocycles. The number of hydrogen-bond acceptors (Lipinski definition) is 6. The van der Waals surface area contributed by atoms with Crippen molar-refractivity contribution in [2.75, 3.05) is 37.1 Å². The Kier molecular flexibility index (Phi) is 8.06. The third-order valence-electron chi connectivity index (χ3n) is 6.33. The Morgan fingerprint density at radius 3 is 2.43 bits per heavy atom. The summed E-state index contributed by atoms with van der Waals surface area (Å²) in [4.78, 5) is 1.59. The Hall–Kier alpha value is -3.14. The predicted octanol–water partition coefficient (Wildman–Crippen LogP) is 5.58. The summed E-state index contributed by atoms with van der Waals surface area (Å²) < 4.78 is 51.6.